The van der Waals surface area contributed by atoms with Crippen molar-refractivity contribution in [3.63, 3.8) is 0 Å². The van der Waals surface area contributed by atoms with E-state index >= 15 is 0 Å². The van der Waals surface area contributed by atoms with Gasteiger partial charge >= 0.3 is 11.9 Å². The van der Waals surface area contributed by atoms with Crippen molar-refractivity contribution in [2.45, 2.75) is 77.3 Å². The van der Waals surface area contributed by atoms with Gasteiger partial charge in [0.2, 0.25) is 0 Å². The first-order valence-corrected chi connectivity index (χ1v) is 9.47. The number of carbonyl (C=O) groups excluding carboxylic acids is 2. The molecule has 148 valence electrons. The maximum absolute atomic E-state index is 12.3. The normalized spacial score (nSPS) is 50.1. The van der Waals surface area contributed by atoms with Crippen LogP contribution in [-0.2, 0) is 19.1 Å². The van der Waals surface area contributed by atoms with Gasteiger partial charge in [-0.3, -0.25) is 4.79 Å². The number of aliphatic hydroxyl groups excluding tert-OH is 2. The van der Waals surface area contributed by atoms with E-state index in [-0.39, 0.29) is 31.3 Å². The van der Waals surface area contributed by atoms with Gasteiger partial charge in [-0.2, -0.15) is 0 Å². The van der Waals surface area contributed by atoms with Crippen LogP contribution < -0.4 is 0 Å². The summed E-state index contributed by atoms with van der Waals surface area (Å²) in [5, 5.41) is 32.9. The zero-order valence-electron chi connectivity index (χ0n) is 15.9. The molecule has 3 rings (SSSR count). The summed E-state index contributed by atoms with van der Waals surface area (Å²) in [6.07, 6.45) is -1.38. The second-order valence-electron chi connectivity index (χ2n) is 8.80. The number of rotatable bonds is 4. The summed E-state index contributed by atoms with van der Waals surface area (Å²) < 4.78 is 10.8. The number of fused-ring (bicyclic) bond motifs is 1. The molecule has 8 atom stereocenters. The van der Waals surface area contributed by atoms with Crippen molar-refractivity contribution in [2.24, 2.45) is 22.7 Å². The zero-order valence-corrected chi connectivity index (χ0v) is 15.9. The minimum Gasteiger partial charge on any atom is -0.465 e. The highest BCUT2D eigenvalue weighted by Crippen LogP contribution is 2.68. The van der Waals surface area contributed by atoms with Gasteiger partial charge in [-0.15, -0.1) is 0 Å². The first-order valence-electron chi connectivity index (χ1n) is 9.47. The smallest absolute Gasteiger partial charge is 0.335 e. The highest BCUT2D eigenvalue weighted by molar-refractivity contribution is 5.77. The molecule has 0 aromatic heterocycles. The molecule has 2 saturated carbocycles. The zero-order chi connectivity index (χ0) is 19.5. The van der Waals surface area contributed by atoms with E-state index in [0.29, 0.717) is 12.8 Å². The maximum atomic E-state index is 12.3. The van der Waals surface area contributed by atoms with Gasteiger partial charge in [0, 0.05) is 23.2 Å². The van der Waals surface area contributed by atoms with E-state index in [2.05, 4.69) is 0 Å². The molecule has 1 spiro atoms. The van der Waals surface area contributed by atoms with Gasteiger partial charge in [-0.1, -0.05) is 20.8 Å². The Balaban J connectivity index is 2.05. The lowest BCUT2D eigenvalue weighted by Crippen LogP contribution is -2.74. The largest absolute Gasteiger partial charge is 0.465 e. The van der Waals surface area contributed by atoms with Crippen LogP contribution in [0.2, 0.25) is 0 Å². The number of hydrogen-bond acceptors (Lipinski definition) is 7. The molecule has 0 unspecified atom stereocenters. The molecule has 3 aliphatic rings. The molecule has 3 fully saturated rings. The summed E-state index contributed by atoms with van der Waals surface area (Å²) in [4.78, 5) is 24.2. The van der Waals surface area contributed by atoms with Crippen molar-refractivity contribution in [2.75, 3.05) is 6.61 Å². The summed E-state index contributed by atoms with van der Waals surface area (Å²) in [5.74, 6) is -1.84. The van der Waals surface area contributed by atoms with Crippen LogP contribution in [-0.4, -0.2) is 57.8 Å². The van der Waals surface area contributed by atoms with Gasteiger partial charge in [0.15, 0.2) is 6.10 Å². The number of ether oxygens (including phenoxy) is 2. The van der Waals surface area contributed by atoms with E-state index < -0.39 is 46.6 Å². The number of aliphatic hydroxyl groups is 3. The number of hydrogen-bond donors (Lipinski definition) is 3. The van der Waals surface area contributed by atoms with E-state index in [9.17, 15) is 24.9 Å². The lowest BCUT2D eigenvalue weighted by Gasteiger charge is -2.63. The summed E-state index contributed by atoms with van der Waals surface area (Å²) >= 11 is 0. The molecule has 0 aromatic rings. The first kappa shape index (κ1) is 19.6. The average molecular weight is 370 g/mol. The monoisotopic (exact) mass is 370 g/mol. The molecule has 1 saturated heterocycles. The Morgan fingerprint density at radius 1 is 1.35 bits per heavy atom. The molecule has 1 heterocycles. The van der Waals surface area contributed by atoms with E-state index in [1.54, 1.807) is 13.8 Å². The van der Waals surface area contributed by atoms with Crippen LogP contribution in [0.15, 0.2) is 0 Å². The molecule has 3 N–H and O–H groups in total. The van der Waals surface area contributed by atoms with Crippen LogP contribution in [0.25, 0.3) is 0 Å². The SMILES string of the molecule is CCCC(=O)OC[C@@]1(C)[C@@H]2[C@H](O)C[C@@H](C)[C@]23C[C@@H](OC(=O)[C@@H]3O)[C@]1(C)O. The molecule has 1 aliphatic heterocycles. The molecule has 0 amide bonds. The number of carbonyl (C=O) groups is 2. The minimum atomic E-state index is -1.51. The molecule has 2 bridgehead atoms. The average Bonchev–Trinajstić information content (AvgIpc) is 2.80. The second kappa shape index (κ2) is 6.17. The fourth-order valence-corrected chi connectivity index (χ4v) is 5.81. The van der Waals surface area contributed by atoms with Crippen molar-refractivity contribution in [1.29, 1.82) is 0 Å². The van der Waals surface area contributed by atoms with E-state index in [0.717, 1.165) is 0 Å². The predicted molar refractivity (Wildman–Crippen MR) is 90.8 cm³/mol. The van der Waals surface area contributed by atoms with Crippen molar-refractivity contribution < 1.29 is 34.4 Å². The number of esters is 2. The predicted octanol–water partition coefficient (Wildman–Crippen LogP) is 0.780. The summed E-state index contributed by atoms with van der Waals surface area (Å²) in [6.45, 7) is 7.00. The Kier molecular flexibility index (Phi) is 4.65. The lowest BCUT2D eigenvalue weighted by atomic mass is 9.46. The highest BCUT2D eigenvalue weighted by atomic mass is 16.6. The van der Waals surface area contributed by atoms with Crippen LogP contribution in [0.4, 0.5) is 0 Å². The van der Waals surface area contributed by atoms with Crippen LogP contribution in [0.5, 0.6) is 0 Å². The second-order valence-corrected chi connectivity index (χ2v) is 8.80. The van der Waals surface area contributed by atoms with Gasteiger partial charge in [0.1, 0.15) is 11.7 Å². The van der Waals surface area contributed by atoms with Crippen LogP contribution in [0.3, 0.4) is 0 Å². The maximum Gasteiger partial charge on any atom is 0.335 e. The lowest BCUT2D eigenvalue weighted by molar-refractivity contribution is -0.296. The van der Waals surface area contributed by atoms with E-state index in [1.165, 1.54) is 0 Å². The first-order chi connectivity index (χ1) is 12.0. The van der Waals surface area contributed by atoms with Crippen LogP contribution in [0.1, 0.15) is 53.4 Å². The third-order valence-corrected chi connectivity index (χ3v) is 7.46. The van der Waals surface area contributed by atoms with Crippen LogP contribution >= 0.6 is 0 Å². The molecule has 7 heteroatoms. The Morgan fingerprint density at radius 2 is 2.00 bits per heavy atom. The van der Waals surface area contributed by atoms with E-state index in [1.807, 2.05) is 13.8 Å². The van der Waals surface area contributed by atoms with Gasteiger partial charge in [-0.05, 0) is 32.1 Å². The molecule has 26 heavy (non-hydrogen) atoms. The Bertz CT molecular complexity index is 603. The van der Waals surface area contributed by atoms with Gasteiger partial charge in [-0.25, -0.2) is 4.79 Å². The fourth-order valence-electron chi connectivity index (χ4n) is 5.81. The van der Waals surface area contributed by atoms with Gasteiger partial charge in [0.25, 0.3) is 0 Å². The third kappa shape index (κ3) is 2.36. The molecule has 2 aliphatic carbocycles. The third-order valence-electron chi connectivity index (χ3n) is 7.46. The molecule has 0 aromatic carbocycles. The van der Waals surface area contributed by atoms with Crippen molar-refractivity contribution in [3.8, 4) is 0 Å². The summed E-state index contributed by atoms with van der Waals surface area (Å²) in [6, 6.07) is 0. The summed E-state index contributed by atoms with van der Waals surface area (Å²) in [7, 11) is 0. The van der Waals surface area contributed by atoms with Crippen molar-refractivity contribution >= 4 is 11.9 Å². The molecular weight excluding hydrogens is 340 g/mol. The van der Waals surface area contributed by atoms with Gasteiger partial charge < -0.3 is 24.8 Å². The Morgan fingerprint density at radius 3 is 2.62 bits per heavy atom. The molecular formula is C19H30O7. The van der Waals surface area contributed by atoms with Gasteiger partial charge in [0.05, 0.1) is 12.7 Å². The Labute approximate surface area is 153 Å². The molecule has 0 radical (unpaired) electrons. The minimum absolute atomic E-state index is 0.101. The highest BCUT2D eigenvalue weighted by Gasteiger charge is 2.75. The topological polar surface area (TPSA) is 113 Å². The van der Waals surface area contributed by atoms with Crippen molar-refractivity contribution in [3.05, 3.63) is 0 Å². The molecule has 7 nitrogen and oxygen atoms in total. The quantitative estimate of drug-likeness (QED) is 0.627. The van der Waals surface area contributed by atoms with Crippen LogP contribution in [0, 0.1) is 22.7 Å². The standard InChI is InChI=1S/C19H30O7/c1-5-6-13(21)25-9-17(3)14-11(20)7-10(2)19(14)8-12(18(17,4)24)26-16(23)15(19)22/h10-12,14-15,20,22,24H,5-9H2,1-4H3/t10-,11-,12-,14+,15+,17+,18+,19-/m1/s1. The Hall–Kier alpha value is -1.18. The fraction of sp³-hybridized carbons (Fsp3) is 0.895. The van der Waals surface area contributed by atoms with E-state index in [4.69, 9.17) is 9.47 Å². The van der Waals surface area contributed by atoms with Crippen molar-refractivity contribution in [1.82, 2.24) is 0 Å². The summed E-state index contributed by atoms with van der Waals surface area (Å²) in [5.41, 5.74) is -3.47.